The minimum absolute atomic E-state index is 0.235. The van der Waals surface area contributed by atoms with Crippen LogP contribution in [0.5, 0.6) is 0 Å². The molecule has 3 N–H and O–H groups in total. The standard InChI is InChI=1S/C10H7N3O3/c11-10(16)13-7-4-2-1-3-6(7)12-8(14)5-9(13)15/h1-4H,(H2,11,16)(H,12,14). The third-order valence-corrected chi connectivity index (χ3v) is 2.04. The first-order chi connectivity index (χ1) is 7.59. The number of hydrogen-bond donors (Lipinski definition) is 2. The molecule has 16 heavy (non-hydrogen) atoms. The minimum atomic E-state index is -0.957. The molecule has 0 unspecified atom stereocenters. The summed E-state index contributed by atoms with van der Waals surface area (Å²) in [6.07, 6.45) is 1.96. The molecule has 1 aliphatic rings. The van der Waals surface area contributed by atoms with Crippen molar-refractivity contribution in [3.63, 3.8) is 0 Å². The van der Waals surface area contributed by atoms with Gasteiger partial charge in [0.1, 0.15) is 0 Å². The molecule has 2 rings (SSSR count). The predicted molar refractivity (Wildman–Crippen MR) is 55.4 cm³/mol. The van der Waals surface area contributed by atoms with Gasteiger partial charge in [0, 0.05) is 0 Å². The Morgan fingerprint density at radius 1 is 1.31 bits per heavy atom. The number of benzene rings is 1. The van der Waals surface area contributed by atoms with Crippen LogP contribution in [0.2, 0.25) is 0 Å². The zero-order valence-electron chi connectivity index (χ0n) is 8.06. The molecule has 6 heteroatoms. The Bertz CT molecular complexity index is 484. The van der Waals surface area contributed by atoms with Gasteiger partial charge in [-0.25, -0.2) is 9.69 Å². The molecule has 1 heterocycles. The summed E-state index contributed by atoms with van der Waals surface area (Å²) in [5.41, 5.74) is 5.65. The first kappa shape index (κ1) is 10.2. The number of para-hydroxylation sites is 2. The predicted octanol–water partition coefficient (Wildman–Crippen LogP) is 0.132. The number of nitrogens with zero attached hydrogens (tertiary/aromatic N) is 1. The number of fused-ring (bicyclic) bond motifs is 1. The highest BCUT2D eigenvalue weighted by Crippen LogP contribution is 2.28. The lowest BCUT2D eigenvalue weighted by Crippen LogP contribution is -2.41. The minimum Gasteiger partial charge on any atom is -0.351 e. The van der Waals surface area contributed by atoms with Gasteiger partial charge in [-0.15, -0.1) is 0 Å². The van der Waals surface area contributed by atoms with Crippen molar-refractivity contribution in [2.75, 3.05) is 10.2 Å². The summed E-state index contributed by atoms with van der Waals surface area (Å²) >= 11 is 0. The monoisotopic (exact) mass is 217 g/mol. The molecular formula is C10H7N3O3. The van der Waals surface area contributed by atoms with E-state index >= 15 is 0 Å². The molecule has 0 aromatic heterocycles. The molecule has 0 bridgehead atoms. The van der Waals surface area contributed by atoms with Gasteiger partial charge in [-0.2, -0.15) is 0 Å². The fourth-order valence-corrected chi connectivity index (χ4v) is 1.41. The Morgan fingerprint density at radius 2 is 2.00 bits per heavy atom. The summed E-state index contributed by atoms with van der Waals surface area (Å²) in [7, 11) is 0. The lowest BCUT2D eigenvalue weighted by atomic mass is 10.2. The van der Waals surface area contributed by atoms with E-state index in [2.05, 4.69) is 5.32 Å². The van der Waals surface area contributed by atoms with Gasteiger partial charge in [0.25, 0.3) is 5.91 Å². The number of nitrogens with one attached hydrogen (secondary N) is 1. The van der Waals surface area contributed by atoms with Crippen LogP contribution in [0.25, 0.3) is 0 Å². The van der Waals surface area contributed by atoms with Crippen LogP contribution in [0.15, 0.2) is 24.3 Å². The molecule has 0 spiro atoms. The van der Waals surface area contributed by atoms with Gasteiger partial charge in [-0.05, 0) is 12.1 Å². The first-order valence-corrected chi connectivity index (χ1v) is 4.40. The highest BCUT2D eigenvalue weighted by atomic mass is 16.2. The van der Waals surface area contributed by atoms with Crippen LogP contribution in [0.1, 0.15) is 0 Å². The number of primary amides is 1. The van der Waals surface area contributed by atoms with E-state index in [9.17, 15) is 14.4 Å². The van der Waals surface area contributed by atoms with E-state index in [0.717, 1.165) is 0 Å². The highest BCUT2D eigenvalue weighted by molar-refractivity contribution is 6.29. The van der Waals surface area contributed by atoms with Crippen LogP contribution in [-0.2, 0) is 9.59 Å². The number of nitrogens with two attached hydrogens (primary N) is 1. The Balaban J connectivity index is 2.57. The molecule has 0 atom stereocenters. The van der Waals surface area contributed by atoms with Gasteiger partial charge in [0.05, 0.1) is 11.4 Å². The normalized spacial score (nSPS) is 15.1. The fourth-order valence-electron chi connectivity index (χ4n) is 1.41. The molecule has 1 aromatic carbocycles. The molecule has 6 nitrogen and oxygen atoms in total. The van der Waals surface area contributed by atoms with Crippen molar-refractivity contribution in [2.45, 2.75) is 0 Å². The molecule has 0 fully saturated rings. The maximum Gasteiger partial charge on any atom is 0.326 e. The smallest absolute Gasteiger partial charge is 0.326 e. The van der Waals surface area contributed by atoms with Crippen molar-refractivity contribution in [3.05, 3.63) is 30.7 Å². The van der Waals surface area contributed by atoms with E-state index in [1.165, 1.54) is 6.07 Å². The average Bonchev–Trinajstić information content (AvgIpc) is 2.31. The van der Waals surface area contributed by atoms with Crippen molar-refractivity contribution in [1.29, 1.82) is 0 Å². The summed E-state index contributed by atoms with van der Waals surface area (Å²) in [6, 6.07) is 5.39. The zero-order valence-corrected chi connectivity index (χ0v) is 8.06. The molecule has 0 saturated heterocycles. The maximum absolute atomic E-state index is 11.5. The quantitative estimate of drug-likeness (QED) is 0.647. The third-order valence-electron chi connectivity index (χ3n) is 2.04. The summed E-state index contributed by atoms with van der Waals surface area (Å²) in [5, 5.41) is 2.42. The Kier molecular flexibility index (Phi) is 2.32. The zero-order chi connectivity index (χ0) is 11.7. The van der Waals surface area contributed by atoms with Crippen molar-refractivity contribution in [2.24, 2.45) is 5.73 Å². The second kappa shape index (κ2) is 3.65. The number of imide groups is 1. The number of carbonyl (C=O) groups excluding carboxylic acids is 3. The summed E-state index contributed by atoms with van der Waals surface area (Å²) in [5.74, 6) is -1.59. The van der Waals surface area contributed by atoms with Crippen LogP contribution in [-0.4, -0.2) is 17.8 Å². The molecule has 0 saturated carbocycles. The molecule has 80 valence electrons. The first-order valence-electron chi connectivity index (χ1n) is 4.40. The largest absolute Gasteiger partial charge is 0.351 e. The number of hydrogen-bond acceptors (Lipinski definition) is 3. The lowest BCUT2D eigenvalue weighted by molar-refractivity contribution is -0.119. The number of amides is 4. The van der Waals surface area contributed by atoms with Crippen LogP contribution in [0.4, 0.5) is 16.2 Å². The molecule has 1 aliphatic heterocycles. The maximum atomic E-state index is 11.5. The molecule has 4 amide bonds. The second-order valence-corrected chi connectivity index (χ2v) is 3.08. The SMILES string of the molecule is NC(=O)N1C(=O)[C]C(=O)Nc2ccccc21. The van der Waals surface area contributed by atoms with E-state index in [1.807, 2.05) is 6.42 Å². The molecule has 0 aliphatic carbocycles. The number of rotatable bonds is 0. The van der Waals surface area contributed by atoms with Gasteiger partial charge in [0.2, 0.25) is 5.91 Å². The van der Waals surface area contributed by atoms with Gasteiger partial charge in [-0.3, -0.25) is 9.59 Å². The van der Waals surface area contributed by atoms with Crippen LogP contribution >= 0.6 is 0 Å². The molecule has 1 aromatic rings. The summed E-state index contributed by atoms with van der Waals surface area (Å²) in [6.45, 7) is 0. The fraction of sp³-hybridized carbons (Fsp3) is 0. The average molecular weight is 217 g/mol. The molecular weight excluding hydrogens is 210 g/mol. The summed E-state index contributed by atoms with van der Waals surface area (Å²) in [4.78, 5) is 34.5. The van der Waals surface area contributed by atoms with Crippen molar-refractivity contribution in [3.8, 4) is 0 Å². The molecule has 2 radical (unpaired) electrons. The highest BCUT2D eigenvalue weighted by Gasteiger charge is 2.30. The van der Waals surface area contributed by atoms with Crippen molar-refractivity contribution < 1.29 is 14.4 Å². The Hall–Kier alpha value is -2.37. The Labute approximate surface area is 91.0 Å². The Morgan fingerprint density at radius 3 is 2.69 bits per heavy atom. The second-order valence-electron chi connectivity index (χ2n) is 3.08. The lowest BCUT2D eigenvalue weighted by Gasteiger charge is -2.16. The van der Waals surface area contributed by atoms with Gasteiger partial charge in [0.15, 0.2) is 6.42 Å². The van der Waals surface area contributed by atoms with E-state index < -0.39 is 17.8 Å². The van der Waals surface area contributed by atoms with E-state index in [1.54, 1.807) is 18.2 Å². The van der Waals surface area contributed by atoms with E-state index in [4.69, 9.17) is 5.73 Å². The van der Waals surface area contributed by atoms with Crippen molar-refractivity contribution in [1.82, 2.24) is 0 Å². The van der Waals surface area contributed by atoms with Crippen molar-refractivity contribution >= 4 is 29.2 Å². The number of urea groups is 1. The van der Waals surface area contributed by atoms with E-state index in [-0.39, 0.29) is 5.69 Å². The van der Waals surface area contributed by atoms with Gasteiger partial charge < -0.3 is 11.1 Å². The van der Waals surface area contributed by atoms with Crippen LogP contribution in [0.3, 0.4) is 0 Å². The number of anilines is 2. The topological polar surface area (TPSA) is 92.5 Å². The van der Waals surface area contributed by atoms with Gasteiger partial charge in [-0.1, -0.05) is 12.1 Å². The van der Waals surface area contributed by atoms with Crippen LogP contribution < -0.4 is 16.0 Å². The van der Waals surface area contributed by atoms with E-state index in [0.29, 0.717) is 10.6 Å². The van der Waals surface area contributed by atoms with Gasteiger partial charge >= 0.3 is 6.03 Å². The summed E-state index contributed by atoms with van der Waals surface area (Å²) < 4.78 is 0. The number of carbonyl (C=O) groups is 3. The third kappa shape index (κ3) is 1.60. The van der Waals surface area contributed by atoms with Crippen LogP contribution in [0, 0.1) is 6.42 Å².